The van der Waals surface area contributed by atoms with Crippen molar-refractivity contribution in [2.24, 2.45) is 5.92 Å². The van der Waals surface area contributed by atoms with Crippen LogP contribution in [0.3, 0.4) is 0 Å². The molecule has 32 heavy (non-hydrogen) atoms. The largest absolute Gasteiger partial charge is 0.480 e. The summed E-state index contributed by atoms with van der Waals surface area (Å²) in [4.78, 5) is 15.9. The van der Waals surface area contributed by atoms with Gasteiger partial charge in [-0.05, 0) is 61.2 Å². The number of carboxylic acid groups (broad SMARTS) is 1. The van der Waals surface area contributed by atoms with Crippen LogP contribution in [0.2, 0.25) is 0 Å². The van der Waals surface area contributed by atoms with E-state index < -0.39 is 21.8 Å². The first-order valence-corrected chi connectivity index (χ1v) is 12.1. The van der Waals surface area contributed by atoms with Gasteiger partial charge in [0, 0.05) is 13.0 Å². The average Bonchev–Trinajstić information content (AvgIpc) is 3.04. The molecule has 0 saturated heterocycles. The van der Waals surface area contributed by atoms with E-state index in [0.717, 1.165) is 18.6 Å². The average molecular weight is 462 g/mol. The summed E-state index contributed by atoms with van der Waals surface area (Å²) in [5, 5.41) is 9.29. The van der Waals surface area contributed by atoms with Crippen molar-refractivity contribution < 1.29 is 22.7 Å². The Balaban J connectivity index is 2.10. The zero-order chi connectivity index (χ0) is 23.5. The lowest BCUT2D eigenvalue weighted by Crippen LogP contribution is -2.32. The molecule has 0 atom stereocenters. The van der Waals surface area contributed by atoms with Gasteiger partial charge in [-0.3, -0.25) is 9.10 Å². The predicted molar refractivity (Wildman–Crippen MR) is 122 cm³/mol. The van der Waals surface area contributed by atoms with Gasteiger partial charge in [0.1, 0.15) is 18.2 Å². The summed E-state index contributed by atoms with van der Waals surface area (Å²) in [5.74, 6) is -0.553. The normalized spacial score (nSPS) is 11.9. The molecule has 0 amide bonds. The second-order valence-electron chi connectivity index (χ2n) is 8.14. The number of sulfonamides is 1. The second kappa shape index (κ2) is 9.68. The molecule has 3 rings (SSSR count). The van der Waals surface area contributed by atoms with E-state index in [2.05, 4.69) is 4.98 Å². The predicted octanol–water partition coefficient (Wildman–Crippen LogP) is 4.45. The number of benzene rings is 2. The minimum atomic E-state index is -3.93. The highest BCUT2D eigenvalue weighted by Gasteiger charge is 2.26. The molecule has 7 nitrogen and oxygen atoms in total. The molecule has 2 aromatic carbocycles. The molecule has 9 heteroatoms. The van der Waals surface area contributed by atoms with Gasteiger partial charge >= 0.3 is 5.97 Å². The van der Waals surface area contributed by atoms with E-state index in [1.54, 1.807) is 22.8 Å². The standard InChI is InChI=1S/C23H28FN3O4S/c1-4-5-22-25-20-14-18(8-11-21(20)26(22)15-23(28)29)27(13-12-16(2)3)32(30,31)19-9-6-17(24)7-10-19/h6-11,14,16H,4-5,12-13,15H2,1-3H3,(H,28,29). The van der Waals surface area contributed by atoms with Gasteiger partial charge in [-0.25, -0.2) is 17.8 Å². The first-order chi connectivity index (χ1) is 15.1. The van der Waals surface area contributed by atoms with Crippen LogP contribution in [0.1, 0.15) is 39.4 Å². The van der Waals surface area contributed by atoms with Crippen LogP contribution in [-0.4, -0.2) is 35.6 Å². The molecule has 3 aromatic rings. The summed E-state index contributed by atoms with van der Waals surface area (Å²) in [6, 6.07) is 9.82. The van der Waals surface area contributed by atoms with Crippen molar-refractivity contribution in [2.75, 3.05) is 10.8 Å². The zero-order valence-electron chi connectivity index (χ0n) is 18.5. The monoisotopic (exact) mass is 461 g/mol. The number of carboxylic acids is 1. The van der Waals surface area contributed by atoms with Crippen molar-refractivity contribution in [1.29, 1.82) is 0 Å². The van der Waals surface area contributed by atoms with Gasteiger partial charge < -0.3 is 9.67 Å². The summed E-state index contributed by atoms with van der Waals surface area (Å²) in [5.41, 5.74) is 1.61. The fraction of sp³-hybridized carbons (Fsp3) is 0.391. The van der Waals surface area contributed by atoms with Gasteiger partial charge in [0.25, 0.3) is 10.0 Å². The summed E-state index contributed by atoms with van der Waals surface area (Å²) < 4.78 is 43.2. The third kappa shape index (κ3) is 5.09. The number of carbonyl (C=O) groups is 1. The van der Waals surface area contributed by atoms with Gasteiger partial charge in [0.05, 0.1) is 21.6 Å². The molecule has 0 aliphatic rings. The lowest BCUT2D eigenvalue weighted by Gasteiger charge is -2.25. The van der Waals surface area contributed by atoms with E-state index >= 15 is 0 Å². The van der Waals surface area contributed by atoms with Crippen molar-refractivity contribution in [3.63, 3.8) is 0 Å². The number of aryl methyl sites for hydroxylation is 1. The molecule has 172 valence electrons. The maximum Gasteiger partial charge on any atom is 0.323 e. The van der Waals surface area contributed by atoms with Gasteiger partial charge in [-0.15, -0.1) is 0 Å². The fourth-order valence-corrected chi connectivity index (χ4v) is 5.02. The quantitative estimate of drug-likeness (QED) is 0.481. The van der Waals surface area contributed by atoms with E-state index in [-0.39, 0.29) is 23.9 Å². The van der Waals surface area contributed by atoms with Crippen LogP contribution in [0.15, 0.2) is 47.4 Å². The Morgan fingerprint density at radius 3 is 2.47 bits per heavy atom. The molecule has 0 unspecified atom stereocenters. The van der Waals surface area contributed by atoms with Crippen LogP contribution >= 0.6 is 0 Å². The van der Waals surface area contributed by atoms with E-state index in [0.29, 0.717) is 35.4 Å². The second-order valence-corrected chi connectivity index (χ2v) is 10.0. The summed E-state index contributed by atoms with van der Waals surface area (Å²) >= 11 is 0. The van der Waals surface area contributed by atoms with Crippen molar-refractivity contribution in [3.8, 4) is 0 Å². The molecule has 0 radical (unpaired) electrons. The van der Waals surface area contributed by atoms with E-state index in [1.807, 2.05) is 20.8 Å². The molecule has 0 spiro atoms. The minimum Gasteiger partial charge on any atom is -0.480 e. The zero-order valence-corrected chi connectivity index (χ0v) is 19.3. The molecule has 0 saturated carbocycles. The SMILES string of the molecule is CCCc1nc2cc(N(CCC(C)C)S(=O)(=O)c3ccc(F)cc3)ccc2n1CC(=O)O. The van der Waals surface area contributed by atoms with Crippen molar-refractivity contribution in [2.45, 2.75) is 51.5 Å². The highest BCUT2D eigenvalue weighted by atomic mass is 32.2. The van der Waals surface area contributed by atoms with E-state index in [9.17, 15) is 22.7 Å². The number of aliphatic carboxylic acids is 1. The number of aromatic nitrogens is 2. The van der Waals surface area contributed by atoms with Crippen molar-refractivity contribution in [3.05, 3.63) is 54.1 Å². The first kappa shape index (κ1) is 23.7. The van der Waals surface area contributed by atoms with E-state index in [4.69, 9.17) is 0 Å². The van der Waals surface area contributed by atoms with Crippen LogP contribution < -0.4 is 4.31 Å². The molecule has 1 heterocycles. The number of anilines is 1. The number of halogens is 1. The highest BCUT2D eigenvalue weighted by molar-refractivity contribution is 7.92. The lowest BCUT2D eigenvalue weighted by molar-refractivity contribution is -0.137. The number of hydrogen-bond donors (Lipinski definition) is 1. The number of hydrogen-bond acceptors (Lipinski definition) is 4. The van der Waals surface area contributed by atoms with Crippen LogP contribution in [0.25, 0.3) is 11.0 Å². The molecular formula is C23H28FN3O4S. The molecule has 1 N–H and O–H groups in total. The van der Waals surface area contributed by atoms with Crippen LogP contribution in [0.5, 0.6) is 0 Å². The maximum absolute atomic E-state index is 13.4. The molecule has 0 aliphatic heterocycles. The van der Waals surface area contributed by atoms with Crippen molar-refractivity contribution >= 4 is 32.7 Å². The Kier molecular flexibility index (Phi) is 7.18. The van der Waals surface area contributed by atoms with E-state index in [1.165, 1.54) is 16.4 Å². The summed E-state index contributed by atoms with van der Waals surface area (Å²) in [7, 11) is -3.93. The Morgan fingerprint density at radius 1 is 1.19 bits per heavy atom. The Hall–Kier alpha value is -2.94. The van der Waals surface area contributed by atoms with Gasteiger partial charge in [-0.1, -0.05) is 20.8 Å². The van der Waals surface area contributed by atoms with Crippen molar-refractivity contribution in [1.82, 2.24) is 9.55 Å². The third-order valence-electron chi connectivity index (χ3n) is 5.18. The molecule has 0 fully saturated rings. The number of nitrogens with zero attached hydrogens (tertiary/aromatic N) is 3. The van der Waals surface area contributed by atoms with Crippen LogP contribution in [0, 0.1) is 11.7 Å². The maximum atomic E-state index is 13.4. The third-order valence-corrected chi connectivity index (χ3v) is 7.02. The molecular weight excluding hydrogens is 433 g/mol. The molecule has 0 aliphatic carbocycles. The van der Waals surface area contributed by atoms with Crippen LogP contribution in [0.4, 0.5) is 10.1 Å². The number of imidazole rings is 1. The highest BCUT2D eigenvalue weighted by Crippen LogP contribution is 2.29. The smallest absolute Gasteiger partial charge is 0.323 e. The number of fused-ring (bicyclic) bond motifs is 1. The Morgan fingerprint density at radius 2 is 1.88 bits per heavy atom. The summed E-state index contributed by atoms with van der Waals surface area (Å²) in [6.45, 7) is 6.04. The lowest BCUT2D eigenvalue weighted by atomic mass is 10.1. The topological polar surface area (TPSA) is 92.5 Å². The number of rotatable bonds is 10. The molecule has 0 bridgehead atoms. The fourth-order valence-electron chi connectivity index (χ4n) is 3.55. The van der Waals surface area contributed by atoms with Gasteiger partial charge in [0.15, 0.2) is 0 Å². The summed E-state index contributed by atoms with van der Waals surface area (Å²) in [6.07, 6.45) is 2.05. The van der Waals surface area contributed by atoms with Crippen LogP contribution in [-0.2, 0) is 27.8 Å². The Bertz CT molecular complexity index is 1200. The first-order valence-electron chi connectivity index (χ1n) is 10.6. The van der Waals surface area contributed by atoms with Gasteiger partial charge in [0.2, 0.25) is 0 Å². The molecule has 1 aromatic heterocycles. The Labute approximate surface area is 187 Å². The van der Waals surface area contributed by atoms with Gasteiger partial charge in [-0.2, -0.15) is 0 Å². The minimum absolute atomic E-state index is 0.00540.